The van der Waals surface area contributed by atoms with E-state index in [1.165, 1.54) is 16.7 Å². The van der Waals surface area contributed by atoms with Crippen LogP contribution in [0, 0.1) is 0 Å². The van der Waals surface area contributed by atoms with E-state index in [1.807, 2.05) is 54.6 Å². The molecule has 184 valence electrons. The van der Waals surface area contributed by atoms with Gasteiger partial charge in [-0.05, 0) is 35.8 Å². The highest BCUT2D eigenvalue weighted by atomic mass is 32.2. The van der Waals surface area contributed by atoms with Crippen LogP contribution in [0.5, 0.6) is 5.75 Å². The van der Waals surface area contributed by atoms with Crippen LogP contribution in [0.3, 0.4) is 0 Å². The van der Waals surface area contributed by atoms with Gasteiger partial charge in [-0.1, -0.05) is 66.4 Å². The van der Waals surface area contributed by atoms with E-state index in [0.29, 0.717) is 22.2 Å². The number of carbonyl (C=O) groups is 2. The van der Waals surface area contributed by atoms with E-state index < -0.39 is 9.84 Å². The zero-order valence-electron chi connectivity index (χ0n) is 19.3. The third-order valence-corrected chi connectivity index (χ3v) is 9.13. The Kier molecular flexibility index (Phi) is 7.93. The van der Waals surface area contributed by atoms with Crippen molar-refractivity contribution in [3.63, 3.8) is 0 Å². The molecule has 7 nitrogen and oxygen atoms in total. The smallest absolute Gasteiger partial charge is 0.266 e. The molecule has 2 amide bonds. The van der Waals surface area contributed by atoms with Gasteiger partial charge in [0, 0.05) is 25.6 Å². The molecule has 2 aromatic carbocycles. The lowest BCUT2D eigenvalue weighted by atomic mass is 10.1. The van der Waals surface area contributed by atoms with Crippen molar-refractivity contribution in [1.29, 1.82) is 0 Å². The number of ether oxygens (including phenoxy) is 1. The molecule has 35 heavy (non-hydrogen) atoms. The SMILES string of the molecule is COc1ccc(/C=C2\SC(=S)N(CCC(=O)N(Cc3ccccc3)C3CCS(=O)(=O)C3)C2=O)cc1. The van der Waals surface area contributed by atoms with Gasteiger partial charge in [-0.3, -0.25) is 14.5 Å². The van der Waals surface area contributed by atoms with Crippen molar-refractivity contribution in [2.45, 2.75) is 25.4 Å². The van der Waals surface area contributed by atoms with Crippen LogP contribution in [-0.4, -0.2) is 65.6 Å². The summed E-state index contributed by atoms with van der Waals surface area (Å²) < 4.78 is 29.7. The maximum Gasteiger partial charge on any atom is 0.266 e. The van der Waals surface area contributed by atoms with Gasteiger partial charge in [0.2, 0.25) is 5.91 Å². The Morgan fingerprint density at radius 1 is 1.20 bits per heavy atom. The zero-order chi connectivity index (χ0) is 25.0. The molecular weight excluding hydrogens is 504 g/mol. The van der Waals surface area contributed by atoms with E-state index in [1.54, 1.807) is 18.1 Å². The summed E-state index contributed by atoms with van der Waals surface area (Å²) in [5.41, 5.74) is 1.78. The summed E-state index contributed by atoms with van der Waals surface area (Å²) in [5, 5.41) is 0. The van der Waals surface area contributed by atoms with Gasteiger partial charge in [0.1, 0.15) is 10.1 Å². The summed E-state index contributed by atoms with van der Waals surface area (Å²) in [5.74, 6) is 0.354. The Labute approximate surface area is 215 Å². The fraction of sp³-hybridized carbons (Fsp3) is 0.320. The van der Waals surface area contributed by atoms with E-state index in [-0.39, 0.29) is 42.3 Å². The molecule has 2 fully saturated rings. The summed E-state index contributed by atoms with van der Waals surface area (Å²) in [6, 6.07) is 16.5. The Morgan fingerprint density at radius 3 is 2.54 bits per heavy atom. The first kappa shape index (κ1) is 25.4. The third-order valence-electron chi connectivity index (χ3n) is 6.00. The van der Waals surface area contributed by atoms with Crippen LogP contribution in [0.2, 0.25) is 0 Å². The van der Waals surface area contributed by atoms with E-state index in [9.17, 15) is 18.0 Å². The lowest BCUT2D eigenvalue weighted by Gasteiger charge is -2.29. The van der Waals surface area contributed by atoms with Crippen LogP contribution >= 0.6 is 24.0 Å². The van der Waals surface area contributed by atoms with Crippen molar-refractivity contribution in [3.8, 4) is 5.75 Å². The van der Waals surface area contributed by atoms with Gasteiger partial charge in [-0.2, -0.15) is 0 Å². The molecule has 1 unspecified atom stereocenters. The predicted molar refractivity (Wildman–Crippen MR) is 142 cm³/mol. The van der Waals surface area contributed by atoms with Gasteiger partial charge in [-0.25, -0.2) is 8.42 Å². The Morgan fingerprint density at radius 2 is 1.91 bits per heavy atom. The van der Waals surface area contributed by atoms with E-state index in [0.717, 1.165) is 16.9 Å². The summed E-state index contributed by atoms with van der Waals surface area (Å²) in [4.78, 5) is 29.8. The molecule has 0 bridgehead atoms. The molecule has 0 radical (unpaired) electrons. The molecule has 0 N–H and O–H groups in total. The average molecular weight is 531 g/mol. The molecular formula is C25H26N2O5S3. The molecule has 4 rings (SSSR count). The summed E-state index contributed by atoms with van der Waals surface area (Å²) in [6.07, 6.45) is 2.25. The van der Waals surface area contributed by atoms with Gasteiger partial charge in [-0.15, -0.1) is 0 Å². The highest BCUT2D eigenvalue weighted by molar-refractivity contribution is 8.26. The predicted octanol–water partition coefficient (Wildman–Crippen LogP) is 3.50. The Bertz CT molecular complexity index is 1240. The Balaban J connectivity index is 1.44. The molecule has 1 atom stereocenters. The maximum absolute atomic E-state index is 13.3. The fourth-order valence-corrected chi connectivity index (χ4v) is 7.16. The number of methoxy groups -OCH3 is 1. The zero-order valence-corrected chi connectivity index (χ0v) is 21.7. The highest BCUT2D eigenvalue weighted by Crippen LogP contribution is 2.33. The lowest BCUT2D eigenvalue weighted by molar-refractivity contribution is -0.134. The quantitative estimate of drug-likeness (QED) is 0.382. The van der Waals surface area contributed by atoms with Crippen molar-refractivity contribution in [2.24, 2.45) is 0 Å². The Hall–Kier alpha value is -2.69. The second kappa shape index (κ2) is 10.9. The van der Waals surface area contributed by atoms with E-state index in [2.05, 4.69) is 0 Å². The first-order valence-electron chi connectivity index (χ1n) is 11.2. The highest BCUT2D eigenvalue weighted by Gasteiger charge is 2.36. The molecule has 2 aromatic rings. The molecule has 0 aliphatic carbocycles. The molecule has 2 heterocycles. The van der Waals surface area contributed by atoms with Crippen molar-refractivity contribution >= 4 is 56.0 Å². The average Bonchev–Trinajstić information content (AvgIpc) is 3.34. The minimum atomic E-state index is -3.15. The van der Waals surface area contributed by atoms with E-state index in [4.69, 9.17) is 17.0 Å². The largest absolute Gasteiger partial charge is 0.497 e. The molecule has 0 saturated carbocycles. The molecule has 2 aliphatic heterocycles. The van der Waals surface area contributed by atoms with Crippen LogP contribution in [0.4, 0.5) is 0 Å². The van der Waals surface area contributed by atoms with Crippen molar-refractivity contribution in [3.05, 3.63) is 70.6 Å². The van der Waals surface area contributed by atoms with E-state index >= 15 is 0 Å². The van der Waals surface area contributed by atoms with Gasteiger partial charge in [0.25, 0.3) is 5.91 Å². The minimum absolute atomic E-state index is 0.0305. The number of benzene rings is 2. The summed E-state index contributed by atoms with van der Waals surface area (Å²) in [6.45, 7) is 0.476. The van der Waals surface area contributed by atoms with Crippen molar-refractivity contribution in [1.82, 2.24) is 9.80 Å². The second-order valence-electron chi connectivity index (χ2n) is 8.42. The molecule has 2 aliphatic rings. The summed E-state index contributed by atoms with van der Waals surface area (Å²) in [7, 11) is -1.56. The summed E-state index contributed by atoms with van der Waals surface area (Å²) >= 11 is 6.62. The third kappa shape index (κ3) is 6.31. The van der Waals surface area contributed by atoms with Gasteiger partial charge >= 0.3 is 0 Å². The molecule has 0 spiro atoms. The topological polar surface area (TPSA) is 84.0 Å². The van der Waals surface area contributed by atoms with Crippen molar-refractivity contribution < 1.29 is 22.7 Å². The normalized spacial score (nSPS) is 20.4. The van der Waals surface area contributed by atoms with Gasteiger partial charge in [0.05, 0.1) is 23.5 Å². The minimum Gasteiger partial charge on any atom is -0.497 e. The van der Waals surface area contributed by atoms with Crippen molar-refractivity contribution in [2.75, 3.05) is 25.2 Å². The first-order chi connectivity index (χ1) is 16.8. The van der Waals surface area contributed by atoms with Gasteiger partial charge < -0.3 is 9.64 Å². The number of rotatable bonds is 8. The van der Waals surface area contributed by atoms with Crippen LogP contribution in [0.15, 0.2) is 59.5 Å². The van der Waals surface area contributed by atoms with Gasteiger partial charge in [0.15, 0.2) is 9.84 Å². The number of thioether (sulfide) groups is 1. The number of hydrogen-bond donors (Lipinski definition) is 0. The molecule has 0 aromatic heterocycles. The van der Waals surface area contributed by atoms with Crippen LogP contribution in [-0.2, 0) is 26.0 Å². The van der Waals surface area contributed by atoms with Crippen LogP contribution in [0.25, 0.3) is 6.08 Å². The number of nitrogens with zero attached hydrogens (tertiary/aromatic N) is 2. The number of amides is 2. The number of sulfone groups is 1. The second-order valence-corrected chi connectivity index (χ2v) is 12.3. The van der Waals surface area contributed by atoms with Crippen LogP contribution in [0.1, 0.15) is 24.0 Å². The molecule has 10 heteroatoms. The first-order valence-corrected chi connectivity index (χ1v) is 14.2. The monoisotopic (exact) mass is 530 g/mol. The number of hydrogen-bond acceptors (Lipinski definition) is 7. The molecule has 2 saturated heterocycles. The maximum atomic E-state index is 13.3. The lowest BCUT2D eigenvalue weighted by Crippen LogP contribution is -2.42. The number of carbonyl (C=O) groups excluding carboxylic acids is 2. The van der Waals surface area contributed by atoms with Crippen LogP contribution < -0.4 is 4.74 Å². The standard InChI is InChI=1S/C25H26N2O5S3/c1-32-21-9-7-18(8-10-21)15-22-24(29)26(25(33)34-22)13-11-23(28)27(16-19-5-3-2-4-6-19)20-12-14-35(30,31)17-20/h2-10,15,20H,11-14,16-17H2,1H3/b22-15-. The fourth-order valence-electron chi connectivity index (χ4n) is 4.12. The number of thiocarbonyl (C=S) groups is 1.